The molecule has 4 aliphatic rings. The van der Waals surface area contributed by atoms with Gasteiger partial charge in [0.25, 0.3) is 0 Å². The number of aromatic nitrogens is 2. The van der Waals surface area contributed by atoms with Crippen molar-refractivity contribution in [3.63, 3.8) is 0 Å². The van der Waals surface area contributed by atoms with Crippen molar-refractivity contribution in [1.29, 1.82) is 0 Å². The van der Waals surface area contributed by atoms with E-state index in [2.05, 4.69) is 69.5 Å². The maximum absolute atomic E-state index is 9.70. The molecule has 2 saturated heterocycles. The average molecular weight is 542 g/mol. The SMILES string of the molecule is Cc1ccc2c(c1)CCC=C2c1nc(Nc2cc(C3CC3)cc(N3CCC(N4CC(O)C4)CC3)c2)ncc1Cl. The molecular weight excluding hydrogens is 506 g/mol. The first-order valence-corrected chi connectivity index (χ1v) is 14.8. The number of rotatable bonds is 6. The van der Waals surface area contributed by atoms with Gasteiger partial charge in [0.2, 0.25) is 5.95 Å². The molecule has 3 heterocycles. The van der Waals surface area contributed by atoms with Gasteiger partial charge in [-0.25, -0.2) is 9.97 Å². The number of aliphatic hydroxyl groups is 1. The lowest BCUT2D eigenvalue weighted by Gasteiger charge is -2.45. The van der Waals surface area contributed by atoms with E-state index in [1.165, 1.54) is 40.8 Å². The number of anilines is 3. The Hall–Kier alpha value is -2.93. The number of nitrogens with one attached hydrogen (secondary N) is 1. The Kier molecular flexibility index (Phi) is 6.58. The summed E-state index contributed by atoms with van der Waals surface area (Å²) in [6, 6.07) is 14.1. The largest absolute Gasteiger partial charge is 0.390 e. The summed E-state index contributed by atoms with van der Waals surface area (Å²) in [6.45, 7) is 5.89. The summed E-state index contributed by atoms with van der Waals surface area (Å²) in [7, 11) is 0. The van der Waals surface area contributed by atoms with Gasteiger partial charge in [-0.2, -0.15) is 0 Å². The van der Waals surface area contributed by atoms with E-state index in [4.69, 9.17) is 16.6 Å². The fourth-order valence-corrected chi connectivity index (χ4v) is 6.65. The first-order valence-electron chi connectivity index (χ1n) is 14.4. The number of likely N-dealkylation sites (tertiary alicyclic amines) is 1. The van der Waals surface area contributed by atoms with E-state index in [9.17, 15) is 5.11 Å². The highest BCUT2D eigenvalue weighted by atomic mass is 35.5. The van der Waals surface area contributed by atoms with Crippen molar-refractivity contribution in [3.8, 4) is 0 Å². The second-order valence-corrected chi connectivity index (χ2v) is 12.2. The van der Waals surface area contributed by atoms with Crippen molar-refractivity contribution in [2.75, 3.05) is 36.4 Å². The lowest BCUT2D eigenvalue weighted by atomic mass is 9.88. The number of halogens is 1. The molecule has 2 N–H and O–H groups in total. The van der Waals surface area contributed by atoms with Crippen LogP contribution in [-0.2, 0) is 6.42 Å². The Bertz CT molecular complexity index is 1420. The van der Waals surface area contributed by atoms with Crippen LogP contribution in [-0.4, -0.2) is 58.3 Å². The van der Waals surface area contributed by atoms with Crippen LogP contribution >= 0.6 is 11.6 Å². The zero-order chi connectivity index (χ0) is 26.5. The molecule has 0 amide bonds. The second kappa shape index (κ2) is 10.2. The molecule has 1 saturated carbocycles. The van der Waals surface area contributed by atoms with Gasteiger partial charge in [-0.05, 0) is 86.3 Å². The third-order valence-corrected chi connectivity index (χ3v) is 9.07. The van der Waals surface area contributed by atoms with Crippen molar-refractivity contribution in [1.82, 2.24) is 14.9 Å². The Morgan fingerprint density at radius 3 is 2.62 bits per heavy atom. The Morgan fingerprint density at radius 1 is 1.03 bits per heavy atom. The maximum Gasteiger partial charge on any atom is 0.227 e. The molecule has 0 atom stereocenters. The lowest BCUT2D eigenvalue weighted by molar-refractivity contribution is -0.0300. The molecule has 3 fully saturated rings. The summed E-state index contributed by atoms with van der Waals surface area (Å²) >= 11 is 6.67. The van der Waals surface area contributed by atoms with Gasteiger partial charge in [-0.3, -0.25) is 4.90 Å². The van der Waals surface area contributed by atoms with Crippen LogP contribution in [0.3, 0.4) is 0 Å². The van der Waals surface area contributed by atoms with E-state index in [1.54, 1.807) is 6.20 Å². The number of aryl methyl sites for hydroxylation is 2. The molecule has 3 aromatic rings. The molecule has 39 heavy (non-hydrogen) atoms. The predicted molar refractivity (Wildman–Crippen MR) is 158 cm³/mol. The molecule has 0 spiro atoms. The fraction of sp³-hybridized carbons (Fsp3) is 0.438. The quantitative estimate of drug-likeness (QED) is 0.394. The van der Waals surface area contributed by atoms with E-state index in [0.717, 1.165) is 68.8 Å². The van der Waals surface area contributed by atoms with E-state index in [-0.39, 0.29) is 6.10 Å². The summed E-state index contributed by atoms with van der Waals surface area (Å²) < 4.78 is 0. The van der Waals surface area contributed by atoms with Crippen LogP contribution < -0.4 is 10.2 Å². The van der Waals surface area contributed by atoms with E-state index >= 15 is 0 Å². The third-order valence-electron chi connectivity index (χ3n) is 8.79. The number of fused-ring (bicyclic) bond motifs is 1. The molecule has 2 aliphatic heterocycles. The smallest absolute Gasteiger partial charge is 0.227 e. The van der Waals surface area contributed by atoms with E-state index in [0.29, 0.717) is 22.9 Å². The monoisotopic (exact) mass is 541 g/mol. The lowest BCUT2D eigenvalue weighted by Crippen LogP contribution is -2.57. The van der Waals surface area contributed by atoms with Crippen molar-refractivity contribution >= 4 is 34.5 Å². The normalized spacial score (nSPS) is 20.4. The highest BCUT2D eigenvalue weighted by molar-refractivity contribution is 6.32. The zero-order valence-corrected chi connectivity index (χ0v) is 23.3. The average Bonchev–Trinajstić information content (AvgIpc) is 3.78. The van der Waals surface area contributed by atoms with Crippen molar-refractivity contribution in [2.45, 2.75) is 63.5 Å². The van der Waals surface area contributed by atoms with Gasteiger partial charge in [0.05, 0.1) is 23.0 Å². The van der Waals surface area contributed by atoms with Crippen molar-refractivity contribution in [2.24, 2.45) is 0 Å². The number of hydrogen-bond donors (Lipinski definition) is 2. The Morgan fingerprint density at radius 2 is 1.85 bits per heavy atom. The van der Waals surface area contributed by atoms with Gasteiger partial charge in [0.1, 0.15) is 0 Å². The van der Waals surface area contributed by atoms with Gasteiger partial charge in [-0.1, -0.05) is 41.4 Å². The summed E-state index contributed by atoms with van der Waals surface area (Å²) in [5, 5.41) is 13.8. The van der Waals surface area contributed by atoms with Crippen LogP contribution in [0.25, 0.3) is 5.57 Å². The summed E-state index contributed by atoms with van der Waals surface area (Å²) in [6.07, 6.45) is 10.7. The fourth-order valence-electron chi connectivity index (χ4n) is 6.46. The first kappa shape index (κ1) is 25.1. The molecule has 0 radical (unpaired) electrons. The van der Waals surface area contributed by atoms with Gasteiger partial charge in [-0.15, -0.1) is 0 Å². The van der Waals surface area contributed by atoms with Gasteiger partial charge >= 0.3 is 0 Å². The zero-order valence-electron chi connectivity index (χ0n) is 22.5. The van der Waals surface area contributed by atoms with Crippen LogP contribution in [0.4, 0.5) is 17.3 Å². The Labute approximate surface area is 235 Å². The van der Waals surface area contributed by atoms with Crippen LogP contribution in [0.5, 0.6) is 0 Å². The van der Waals surface area contributed by atoms with Crippen LogP contribution in [0, 0.1) is 6.92 Å². The van der Waals surface area contributed by atoms with Crippen molar-refractivity contribution < 1.29 is 5.11 Å². The van der Waals surface area contributed by atoms with E-state index in [1.807, 2.05) is 0 Å². The standard InChI is InChI=1S/C32H36ClN5O/c1-20-5-8-28-22(13-20)3-2-4-29(28)31-30(33)17-34-32(36-31)35-24-14-23(21-6-7-21)15-26(16-24)37-11-9-25(10-12-37)38-18-27(39)19-38/h4-5,8,13-17,21,25,27,39H,2-3,6-7,9-12,18-19H2,1H3,(H,34,35,36). The highest BCUT2D eigenvalue weighted by Crippen LogP contribution is 2.43. The minimum atomic E-state index is -0.129. The first-order chi connectivity index (χ1) is 19.0. The maximum atomic E-state index is 9.70. The van der Waals surface area contributed by atoms with Gasteiger partial charge in [0.15, 0.2) is 0 Å². The molecule has 202 valence electrons. The van der Waals surface area contributed by atoms with Crippen LogP contribution in [0.15, 0.2) is 48.7 Å². The Balaban J connectivity index is 1.13. The minimum Gasteiger partial charge on any atom is -0.390 e. The molecule has 0 unspecified atom stereocenters. The van der Waals surface area contributed by atoms with Gasteiger partial charge in [0, 0.05) is 49.2 Å². The molecule has 1 aromatic heterocycles. The summed E-state index contributed by atoms with van der Waals surface area (Å²) in [5.74, 6) is 1.23. The van der Waals surface area contributed by atoms with Gasteiger partial charge < -0.3 is 15.3 Å². The van der Waals surface area contributed by atoms with Crippen LogP contribution in [0.2, 0.25) is 5.02 Å². The number of benzene rings is 2. The summed E-state index contributed by atoms with van der Waals surface area (Å²) in [4.78, 5) is 14.5. The summed E-state index contributed by atoms with van der Waals surface area (Å²) in [5.41, 5.74) is 9.44. The molecule has 7 rings (SSSR count). The molecule has 2 aliphatic carbocycles. The number of β-amino-alcohol motifs (C(OH)–C–C–N with tert-alkyl or cyclic N) is 1. The second-order valence-electron chi connectivity index (χ2n) is 11.7. The number of allylic oxidation sites excluding steroid dienone is 1. The number of aliphatic hydroxyl groups excluding tert-OH is 1. The highest BCUT2D eigenvalue weighted by Gasteiger charge is 2.33. The third kappa shape index (κ3) is 5.18. The molecule has 0 bridgehead atoms. The number of nitrogens with zero attached hydrogens (tertiary/aromatic N) is 4. The molecular formula is C32H36ClN5O. The minimum absolute atomic E-state index is 0.129. The van der Waals surface area contributed by atoms with Crippen LogP contribution in [0.1, 0.15) is 66.0 Å². The molecule has 2 aromatic carbocycles. The number of piperidine rings is 1. The predicted octanol–water partition coefficient (Wildman–Crippen LogP) is 6.08. The number of hydrogen-bond acceptors (Lipinski definition) is 6. The van der Waals surface area contributed by atoms with E-state index < -0.39 is 0 Å². The van der Waals surface area contributed by atoms with Crippen molar-refractivity contribution in [3.05, 3.63) is 81.6 Å². The topological polar surface area (TPSA) is 64.5 Å². The molecule has 7 heteroatoms. The molecule has 6 nitrogen and oxygen atoms in total.